The van der Waals surface area contributed by atoms with E-state index in [1.165, 1.54) is 36.9 Å². The Kier molecular flexibility index (Phi) is 22.6. The van der Waals surface area contributed by atoms with Crippen LogP contribution in [0, 0.1) is 0 Å². The van der Waals surface area contributed by atoms with Crippen LogP contribution < -0.4 is 21.3 Å². The third-order valence-corrected chi connectivity index (χ3v) is 10.4. The number of carbonyl (C=O) groups is 6. The number of hydrogen-bond acceptors (Lipinski definition) is 14. The standard InChI is InChI=1S/C21H25BrN2O5S.C21H26N2O5S.BHNS/c1-21(2,3)29-20(27)24-17(15-9-10-16(22)30-15)18(25)23-12-11-13-5-7-14(8-6-13)19(26)28-4;1-21(2,3)28-20(26)23-17(16-6-5-13-29-16)18(24)22-12-11-14-7-9-15(10-8-14)19(25)27-4;1-2-3/h5-10,17H,11-12H2,1-4H3,(H,23,25)(H,24,27);5-10,13,17H,11-12H2,1-4H3,(H,22,24)(H,23,26);3H. The summed E-state index contributed by atoms with van der Waals surface area (Å²) in [5, 5.41) is 12.8. The van der Waals surface area contributed by atoms with Crippen molar-refractivity contribution in [3.05, 3.63) is 114 Å². The Morgan fingerprint density at radius 2 is 1.08 bits per heavy atom. The van der Waals surface area contributed by atoms with Crippen molar-refractivity contribution in [3.8, 4) is 0 Å². The molecule has 2 atom stereocenters. The van der Waals surface area contributed by atoms with Crippen molar-refractivity contribution >= 4 is 95.0 Å². The zero-order valence-electron chi connectivity index (χ0n) is 35.7. The van der Waals surface area contributed by atoms with Crippen LogP contribution in [0.15, 0.2) is 86.3 Å². The van der Waals surface area contributed by atoms with Crippen LogP contribution in [0.2, 0.25) is 0 Å². The number of ether oxygens (including phenoxy) is 4. The van der Waals surface area contributed by atoms with Crippen molar-refractivity contribution in [2.45, 2.75) is 77.7 Å². The van der Waals surface area contributed by atoms with Crippen LogP contribution in [0.25, 0.3) is 0 Å². The van der Waals surface area contributed by atoms with Gasteiger partial charge < -0.3 is 40.2 Å². The Bertz CT molecular complexity index is 2070. The second-order valence-electron chi connectivity index (χ2n) is 14.9. The van der Waals surface area contributed by atoms with Gasteiger partial charge in [0.25, 0.3) is 0 Å². The molecule has 4 aromatic rings. The molecule has 2 aromatic carbocycles. The van der Waals surface area contributed by atoms with E-state index in [2.05, 4.69) is 71.4 Å². The molecule has 0 saturated carbocycles. The molecule has 0 aliphatic carbocycles. The van der Waals surface area contributed by atoms with Gasteiger partial charge in [-0.05, 0) is 129 Å². The molecule has 62 heavy (non-hydrogen) atoms. The number of hydrogen-bond donors (Lipinski definition) is 5. The summed E-state index contributed by atoms with van der Waals surface area (Å²) >= 11 is 9.31. The first-order valence-corrected chi connectivity index (χ1v) is 21.8. The molecule has 15 nitrogen and oxygen atoms in total. The molecule has 0 bridgehead atoms. The van der Waals surface area contributed by atoms with Gasteiger partial charge in [-0.1, -0.05) is 30.3 Å². The van der Waals surface area contributed by atoms with Gasteiger partial charge in [0, 0.05) is 22.8 Å². The number of carbonyl (C=O) groups excluding carboxylic acids is 6. The number of benzene rings is 2. The molecular formula is C42H52BBrN5O10S3. The van der Waals surface area contributed by atoms with Gasteiger partial charge in [-0.3, -0.25) is 9.59 Å². The molecule has 1 radical (unpaired) electrons. The van der Waals surface area contributed by atoms with Gasteiger partial charge in [-0.2, -0.15) is 0 Å². The first kappa shape index (κ1) is 53.1. The quantitative estimate of drug-likeness (QED) is 0.0359. The summed E-state index contributed by atoms with van der Waals surface area (Å²) in [7, 11) is 7.00. The van der Waals surface area contributed by atoms with Crippen LogP contribution >= 0.6 is 51.4 Å². The molecular weight excluding hydrogens is 921 g/mol. The average Bonchev–Trinajstić information content (AvgIpc) is 3.90. The number of rotatable bonds is 14. The van der Waals surface area contributed by atoms with Gasteiger partial charge in [0.15, 0.2) is 0 Å². The van der Waals surface area contributed by atoms with E-state index in [0.717, 1.165) is 19.8 Å². The van der Waals surface area contributed by atoms with Crippen LogP contribution in [0.5, 0.6) is 0 Å². The van der Waals surface area contributed by atoms with E-state index in [-0.39, 0.29) is 11.8 Å². The van der Waals surface area contributed by atoms with Crippen LogP contribution in [0.1, 0.15) is 95.2 Å². The van der Waals surface area contributed by atoms with E-state index in [9.17, 15) is 28.8 Å². The number of methoxy groups -OCH3 is 2. The number of nitrogens with one attached hydrogen (secondary N) is 4. The van der Waals surface area contributed by atoms with E-state index in [1.54, 1.807) is 77.9 Å². The van der Waals surface area contributed by atoms with Crippen molar-refractivity contribution < 1.29 is 47.7 Å². The molecule has 2 unspecified atom stereocenters. The normalized spacial score (nSPS) is 11.6. The van der Waals surface area contributed by atoms with Crippen molar-refractivity contribution in [1.29, 1.82) is 0 Å². The van der Waals surface area contributed by atoms with Gasteiger partial charge >= 0.3 is 48.9 Å². The molecule has 333 valence electrons. The predicted octanol–water partition coefficient (Wildman–Crippen LogP) is 7.86. The van der Waals surface area contributed by atoms with Gasteiger partial charge in [-0.25, -0.2) is 19.2 Å². The van der Waals surface area contributed by atoms with Crippen LogP contribution in [-0.2, 0) is 41.4 Å². The summed E-state index contributed by atoms with van der Waals surface area (Å²) in [6, 6.07) is 19.5. The molecule has 2 aromatic heterocycles. The molecule has 4 amide bonds. The zero-order chi connectivity index (χ0) is 46.5. The van der Waals surface area contributed by atoms with Crippen LogP contribution in [0.3, 0.4) is 0 Å². The summed E-state index contributed by atoms with van der Waals surface area (Å²) < 4.78 is 23.5. The summed E-state index contributed by atoms with van der Waals surface area (Å²) in [6.07, 6.45) is -0.160. The molecule has 20 heteroatoms. The third kappa shape index (κ3) is 20.2. The fourth-order valence-electron chi connectivity index (χ4n) is 5.04. The Hall–Kier alpha value is -5.05. The third-order valence-electron chi connectivity index (χ3n) is 7.73. The van der Waals surface area contributed by atoms with Crippen LogP contribution in [0.4, 0.5) is 9.59 Å². The van der Waals surface area contributed by atoms with E-state index in [4.69, 9.17) is 9.47 Å². The second kappa shape index (κ2) is 26.4. The minimum absolute atomic E-state index is 0.315. The SMILES string of the molecule is COC(=O)c1ccc(CCNC(=O)C(NC(=O)OC(C)(C)C)c2ccc(Br)s2)cc1.COC(=O)c1ccc(CCNC(=O)C(NC(=O)OC(C)(C)C)c2cccs2)cc1.[B]=NS. The number of esters is 2. The number of alkyl carbamates (subject to hydrolysis) is 2. The predicted molar refractivity (Wildman–Crippen MR) is 247 cm³/mol. The van der Waals surface area contributed by atoms with E-state index < -0.39 is 47.4 Å². The van der Waals surface area contributed by atoms with Gasteiger partial charge in [0.2, 0.25) is 11.8 Å². The summed E-state index contributed by atoms with van der Waals surface area (Å²) in [6.45, 7) is 11.3. The molecule has 4 N–H and O–H groups in total. The van der Waals surface area contributed by atoms with E-state index in [0.29, 0.717) is 41.9 Å². The average molecular weight is 974 g/mol. The van der Waals surface area contributed by atoms with Gasteiger partial charge in [0.05, 0.1) is 29.1 Å². The second-order valence-corrected chi connectivity index (χ2v) is 18.6. The number of nitrogens with zero attached hydrogens (tertiary/aromatic N) is 1. The fourth-order valence-corrected chi connectivity index (χ4v) is 7.28. The Balaban J connectivity index is 0.000000401. The summed E-state index contributed by atoms with van der Waals surface area (Å²) in [5.41, 5.74) is 1.54. The van der Waals surface area contributed by atoms with Crippen molar-refractivity contribution in [2.75, 3.05) is 27.3 Å². The molecule has 4 rings (SSSR count). The summed E-state index contributed by atoms with van der Waals surface area (Å²) in [4.78, 5) is 74.1. The molecule has 0 saturated heterocycles. The first-order chi connectivity index (χ1) is 29.2. The van der Waals surface area contributed by atoms with Gasteiger partial charge in [0.1, 0.15) is 23.3 Å². The monoisotopic (exact) mass is 972 g/mol. The Labute approximate surface area is 385 Å². The summed E-state index contributed by atoms with van der Waals surface area (Å²) in [5.74, 6) is -1.43. The number of halogens is 1. The molecule has 0 aliphatic heterocycles. The maximum absolute atomic E-state index is 12.8. The van der Waals surface area contributed by atoms with Crippen LogP contribution in [-0.4, -0.2) is 82.1 Å². The van der Waals surface area contributed by atoms with E-state index >= 15 is 0 Å². The number of thiophene rings is 2. The maximum atomic E-state index is 12.8. The number of thiol groups is 1. The molecule has 0 fully saturated rings. The topological polar surface area (TPSA) is 200 Å². The van der Waals surface area contributed by atoms with Crippen molar-refractivity contribution in [3.63, 3.8) is 0 Å². The first-order valence-electron chi connectivity index (χ1n) is 18.9. The number of amides is 4. The van der Waals surface area contributed by atoms with Gasteiger partial charge in [-0.15, -0.1) is 22.7 Å². The molecule has 0 aliphatic rings. The van der Waals surface area contributed by atoms with Crippen molar-refractivity contribution in [2.24, 2.45) is 4.30 Å². The van der Waals surface area contributed by atoms with E-state index in [1.807, 2.05) is 41.8 Å². The fraction of sp³-hybridized carbons (Fsp3) is 0.381. The Morgan fingerprint density at radius 3 is 1.40 bits per heavy atom. The minimum atomic E-state index is -0.863. The zero-order valence-corrected chi connectivity index (χ0v) is 39.9. The Morgan fingerprint density at radius 1 is 0.677 bits per heavy atom. The molecule has 0 spiro atoms. The molecule has 2 heterocycles. The van der Waals surface area contributed by atoms with Crippen molar-refractivity contribution in [1.82, 2.24) is 21.3 Å².